The number of nitrogens with one attached hydrogen (secondary N) is 1. The highest BCUT2D eigenvalue weighted by atomic mass is 32.1. The molecule has 1 heterocycles. The molecule has 1 aromatic heterocycles. The summed E-state index contributed by atoms with van der Waals surface area (Å²) in [4.78, 5) is 45.9. The minimum Gasteiger partial charge on any atom is -0.366 e. The number of fused-ring (bicyclic) bond motifs is 1. The van der Waals surface area contributed by atoms with E-state index in [0.717, 1.165) is 11.3 Å². The van der Waals surface area contributed by atoms with Gasteiger partial charge in [0.1, 0.15) is 0 Å². The fraction of sp³-hybridized carbons (Fsp3) is 0. The van der Waals surface area contributed by atoms with Gasteiger partial charge in [-0.15, -0.1) is 11.3 Å². The zero-order chi connectivity index (χ0) is 19.7. The summed E-state index contributed by atoms with van der Waals surface area (Å²) in [5.74, 6) is -2.05. The summed E-state index contributed by atoms with van der Waals surface area (Å²) in [6, 6.07) is 9.70. The third-order valence-electron chi connectivity index (χ3n) is 3.69. The van der Waals surface area contributed by atoms with Crippen molar-refractivity contribution in [1.29, 1.82) is 0 Å². The molecule has 136 valence electrons. The summed E-state index contributed by atoms with van der Waals surface area (Å²) in [5, 5.41) is 14.0. The van der Waals surface area contributed by atoms with Crippen molar-refractivity contribution in [3.63, 3.8) is 0 Å². The molecule has 27 heavy (non-hydrogen) atoms. The van der Waals surface area contributed by atoms with Crippen molar-refractivity contribution in [1.82, 2.24) is 0 Å². The number of benzene rings is 2. The molecule has 0 unspecified atom stereocenters. The molecule has 0 aliphatic carbocycles. The third kappa shape index (κ3) is 3.75. The molecule has 0 atom stereocenters. The highest BCUT2D eigenvalue weighted by molar-refractivity contribution is 7.20. The molecular weight excluding hydrogens is 372 g/mol. The van der Waals surface area contributed by atoms with Gasteiger partial charge in [-0.3, -0.25) is 24.5 Å². The SMILES string of the molecule is NC(=O)c1cc(NC(=O)c2cc3cc([N+](=O)[O-])ccc3s2)cc(C(N)=O)c1. The van der Waals surface area contributed by atoms with E-state index in [-0.39, 0.29) is 22.5 Å². The minimum absolute atomic E-state index is 0.0218. The molecule has 5 N–H and O–H groups in total. The Kier molecular flexibility index (Phi) is 4.57. The number of nitro groups is 1. The van der Waals surface area contributed by atoms with Gasteiger partial charge in [0.25, 0.3) is 11.6 Å². The minimum atomic E-state index is -0.775. The van der Waals surface area contributed by atoms with Gasteiger partial charge in [-0.05, 0) is 30.3 Å². The van der Waals surface area contributed by atoms with Crippen LogP contribution in [0.2, 0.25) is 0 Å². The van der Waals surface area contributed by atoms with Crippen molar-refractivity contribution in [3.8, 4) is 0 Å². The van der Waals surface area contributed by atoms with E-state index in [0.29, 0.717) is 15.0 Å². The average Bonchev–Trinajstić information content (AvgIpc) is 3.04. The number of primary amides is 2. The van der Waals surface area contributed by atoms with Crippen LogP contribution < -0.4 is 16.8 Å². The number of nitro benzene ring substituents is 1. The van der Waals surface area contributed by atoms with Crippen molar-refractivity contribution in [2.45, 2.75) is 0 Å². The van der Waals surface area contributed by atoms with E-state index in [4.69, 9.17) is 11.5 Å². The van der Waals surface area contributed by atoms with Crippen LogP contribution in [0.3, 0.4) is 0 Å². The molecule has 0 aliphatic rings. The van der Waals surface area contributed by atoms with Crippen LogP contribution in [0.15, 0.2) is 42.5 Å². The summed E-state index contributed by atoms with van der Waals surface area (Å²) in [5.41, 5.74) is 10.6. The van der Waals surface area contributed by atoms with E-state index in [9.17, 15) is 24.5 Å². The van der Waals surface area contributed by atoms with E-state index in [1.54, 1.807) is 6.07 Å². The standard InChI is InChI=1S/C17H12N4O5S/c18-15(22)9-3-10(16(19)23)5-11(4-9)20-17(24)14-7-8-6-12(21(25)26)1-2-13(8)27-14/h1-7H,(H2,18,22)(H2,19,23)(H,20,24). The van der Waals surface area contributed by atoms with Crippen LogP contribution in [-0.2, 0) is 0 Å². The Morgan fingerprint density at radius 1 is 0.963 bits per heavy atom. The average molecular weight is 384 g/mol. The Morgan fingerprint density at radius 3 is 2.15 bits per heavy atom. The molecule has 0 radical (unpaired) electrons. The fourth-order valence-electron chi connectivity index (χ4n) is 2.43. The lowest BCUT2D eigenvalue weighted by molar-refractivity contribution is -0.384. The number of carbonyl (C=O) groups is 3. The lowest BCUT2D eigenvalue weighted by Crippen LogP contribution is -2.17. The summed E-state index contributed by atoms with van der Waals surface area (Å²) >= 11 is 1.15. The molecule has 10 heteroatoms. The van der Waals surface area contributed by atoms with Crippen LogP contribution >= 0.6 is 11.3 Å². The van der Waals surface area contributed by atoms with E-state index >= 15 is 0 Å². The number of nitrogens with two attached hydrogens (primary N) is 2. The first-order valence-corrected chi connectivity index (χ1v) is 8.30. The van der Waals surface area contributed by atoms with Crippen molar-refractivity contribution in [2.75, 3.05) is 5.32 Å². The quantitative estimate of drug-likeness (QED) is 0.454. The maximum absolute atomic E-state index is 12.5. The Hall–Kier alpha value is -3.79. The lowest BCUT2D eigenvalue weighted by atomic mass is 10.1. The molecular formula is C17H12N4O5S. The van der Waals surface area contributed by atoms with Crippen molar-refractivity contribution < 1.29 is 19.3 Å². The zero-order valence-electron chi connectivity index (χ0n) is 13.6. The van der Waals surface area contributed by atoms with Gasteiger partial charge >= 0.3 is 0 Å². The molecule has 3 amide bonds. The van der Waals surface area contributed by atoms with Gasteiger partial charge in [0, 0.05) is 39.0 Å². The van der Waals surface area contributed by atoms with E-state index < -0.39 is 22.6 Å². The van der Waals surface area contributed by atoms with Crippen LogP contribution in [-0.4, -0.2) is 22.6 Å². The number of hydrogen-bond acceptors (Lipinski definition) is 6. The van der Waals surface area contributed by atoms with Gasteiger partial charge in [-0.1, -0.05) is 0 Å². The number of thiophene rings is 1. The van der Waals surface area contributed by atoms with Gasteiger partial charge < -0.3 is 16.8 Å². The van der Waals surface area contributed by atoms with Gasteiger partial charge in [0.15, 0.2) is 0 Å². The molecule has 0 fully saturated rings. The van der Waals surface area contributed by atoms with Crippen molar-refractivity contribution in [3.05, 3.63) is 68.6 Å². The summed E-state index contributed by atoms with van der Waals surface area (Å²) in [6.07, 6.45) is 0. The molecule has 0 saturated heterocycles. The van der Waals surface area contributed by atoms with Crippen molar-refractivity contribution in [2.24, 2.45) is 11.5 Å². The van der Waals surface area contributed by atoms with Gasteiger partial charge in [-0.2, -0.15) is 0 Å². The van der Waals surface area contributed by atoms with Crippen LogP contribution in [0.5, 0.6) is 0 Å². The monoisotopic (exact) mass is 384 g/mol. The second kappa shape index (κ2) is 6.84. The van der Waals surface area contributed by atoms with Gasteiger partial charge in [0.2, 0.25) is 11.8 Å². The highest BCUT2D eigenvalue weighted by Crippen LogP contribution is 2.29. The third-order valence-corrected chi connectivity index (χ3v) is 4.81. The van der Waals surface area contributed by atoms with E-state index in [1.807, 2.05) is 0 Å². The first kappa shape index (κ1) is 18.0. The van der Waals surface area contributed by atoms with Crippen molar-refractivity contribution >= 4 is 50.5 Å². The molecule has 0 spiro atoms. The van der Waals surface area contributed by atoms with Crippen LogP contribution in [0.4, 0.5) is 11.4 Å². The Balaban J connectivity index is 1.93. The largest absolute Gasteiger partial charge is 0.366 e. The first-order valence-electron chi connectivity index (χ1n) is 7.48. The summed E-state index contributed by atoms with van der Waals surface area (Å²) in [6.45, 7) is 0. The van der Waals surface area contributed by atoms with Gasteiger partial charge in [0.05, 0.1) is 9.80 Å². The predicted molar refractivity (Wildman–Crippen MR) is 99.9 cm³/mol. The Bertz CT molecular complexity index is 1090. The summed E-state index contributed by atoms with van der Waals surface area (Å²) < 4.78 is 0.703. The molecule has 0 bridgehead atoms. The molecule has 2 aromatic carbocycles. The molecule has 0 saturated carbocycles. The topological polar surface area (TPSA) is 158 Å². The Morgan fingerprint density at radius 2 is 1.59 bits per heavy atom. The number of amides is 3. The number of anilines is 1. The second-order valence-electron chi connectivity index (χ2n) is 5.57. The van der Waals surface area contributed by atoms with E-state index in [1.165, 1.54) is 36.4 Å². The summed E-state index contributed by atoms with van der Waals surface area (Å²) in [7, 11) is 0. The van der Waals surface area contributed by atoms with Crippen LogP contribution in [0, 0.1) is 10.1 Å². The van der Waals surface area contributed by atoms with Gasteiger partial charge in [-0.25, -0.2) is 0 Å². The predicted octanol–water partition coefficient (Wildman–Crippen LogP) is 2.26. The fourth-order valence-corrected chi connectivity index (χ4v) is 3.37. The number of nitrogens with zero attached hydrogens (tertiary/aromatic N) is 1. The maximum atomic E-state index is 12.5. The first-order chi connectivity index (χ1) is 12.7. The second-order valence-corrected chi connectivity index (χ2v) is 6.66. The number of carbonyl (C=O) groups excluding carboxylic acids is 3. The maximum Gasteiger partial charge on any atom is 0.270 e. The molecule has 3 rings (SSSR count). The Labute approximate surface area is 155 Å². The highest BCUT2D eigenvalue weighted by Gasteiger charge is 2.15. The molecule has 9 nitrogen and oxygen atoms in total. The number of non-ortho nitro benzene ring substituents is 1. The number of hydrogen-bond donors (Lipinski definition) is 3. The van der Waals surface area contributed by atoms with Crippen LogP contribution in [0.25, 0.3) is 10.1 Å². The van der Waals surface area contributed by atoms with E-state index in [2.05, 4.69) is 5.32 Å². The lowest BCUT2D eigenvalue weighted by Gasteiger charge is -2.07. The zero-order valence-corrected chi connectivity index (χ0v) is 14.4. The number of rotatable bonds is 5. The smallest absolute Gasteiger partial charge is 0.270 e. The molecule has 0 aliphatic heterocycles. The van der Waals surface area contributed by atoms with Crippen LogP contribution in [0.1, 0.15) is 30.4 Å². The normalized spacial score (nSPS) is 10.5. The molecule has 3 aromatic rings.